The number of hydrogen-bond donors (Lipinski definition) is 1. The van der Waals surface area contributed by atoms with E-state index >= 15 is 0 Å². The molecular formula is C20H17F2NO5S. The van der Waals surface area contributed by atoms with Gasteiger partial charge in [-0.15, -0.1) is 8.78 Å². The molecule has 0 unspecified atom stereocenters. The van der Waals surface area contributed by atoms with Crippen LogP contribution in [0.5, 0.6) is 11.5 Å². The van der Waals surface area contributed by atoms with Crippen LogP contribution in [0.15, 0.2) is 50.6 Å². The lowest BCUT2D eigenvalue weighted by molar-refractivity contribution is -0.287. The lowest BCUT2D eigenvalue weighted by Crippen LogP contribution is -2.41. The van der Waals surface area contributed by atoms with E-state index < -0.39 is 21.9 Å². The molecule has 0 saturated heterocycles. The van der Waals surface area contributed by atoms with E-state index in [1.165, 1.54) is 30.3 Å². The molecule has 1 N–H and O–H groups in total. The Morgan fingerprint density at radius 2 is 1.90 bits per heavy atom. The van der Waals surface area contributed by atoms with Crippen LogP contribution in [-0.2, 0) is 21.8 Å². The van der Waals surface area contributed by atoms with Crippen molar-refractivity contribution in [3.8, 4) is 11.5 Å². The molecule has 0 aliphatic carbocycles. The Bertz CT molecular complexity index is 1260. The molecule has 2 aromatic carbocycles. The fourth-order valence-corrected chi connectivity index (χ4v) is 5.32. The molecule has 0 radical (unpaired) electrons. The van der Waals surface area contributed by atoms with Crippen LogP contribution in [0.4, 0.5) is 8.78 Å². The maximum atomic E-state index is 13.5. The second-order valence-corrected chi connectivity index (χ2v) is 9.54. The van der Waals surface area contributed by atoms with Gasteiger partial charge in [0.25, 0.3) is 0 Å². The predicted molar refractivity (Wildman–Crippen MR) is 99.0 cm³/mol. The van der Waals surface area contributed by atoms with E-state index in [-0.39, 0.29) is 21.1 Å². The van der Waals surface area contributed by atoms with Gasteiger partial charge in [-0.3, -0.25) is 0 Å². The van der Waals surface area contributed by atoms with Crippen LogP contribution in [0.3, 0.4) is 0 Å². The molecule has 0 atom stereocenters. The molecule has 0 saturated carbocycles. The fraction of sp³-hybridized carbons (Fsp3) is 0.300. The zero-order valence-corrected chi connectivity index (χ0v) is 16.4. The summed E-state index contributed by atoms with van der Waals surface area (Å²) < 4.78 is 68.1. The Morgan fingerprint density at radius 3 is 2.69 bits per heavy atom. The van der Waals surface area contributed by atoms with Gasteiger partial charge in [0.15, 0.2) is 11.5 Å². The highest BCUT2D eigenvalue weighted by Crippen LogP contribution is 2.46. The molecule has 0 spiro atoms. The van der Waals surface area contributed by atoms with Crippen LogP contribution in [-0.4, -0.2) is 21.3 Å². The summed E-state index contributed by atoms with van der Waals surface area (Å²) in [5.74, 6) is -0.0506. The molecule has 29 heavy (non-hydrogen) atoms. The Morgan fingerprint density at radius 1 is 1.10 bits per heavy atom. The van der Waals surface area contributed by atoms with Crippen LogP contribution in [0.25, 0.3) is 11.0 Å². The lowest BCUT2D eigenvalue weighted by Gasteiger charge is -2.29. The topological polar surface area (TPSA) is 77.8 Å². The van der Waals surface area contributed by atoms with E-state index in [1.54, 1.807) is 6.07 Å². The Labute approximate surface area is 165 Å². The summed E-state index contributed by atoms with van der Waals surface area (Å²) in [6.07, 6.45) is -3.14. The van der Waals surface area contributed by atoms with Crippen molar-refractivity contribution >= 4 is 20.8 Å². The highest BCUT2D eigenvalue weighted by molar-refractivity contribution is 7.91. The van der Waals surface area contributed by atoms with Gasteiger partial charge in [-0.25, -0.2) is 8.42 Å². The Balaban J connectivity index is 1.65. The van der Waals surface area contributed by atoms with Gasteiger partial charge in [-0.1, -0.05) is 6.07 Å². The van der Waals surface area contributed by atoms with Crippen molar-refractivity contribution in [3.63, 3.8) is 0 Å². The first-order valence-corrected chi connectivity index (χ1v) is 10.5. The minimum Gasteiger partial charge on any atom is -0.459 e. The van der Waals surface area contributed by atoms with E-state index in [4.69, 9.17) is 4.42 Å². The summed E-state index contributed by atoms with van der Waals surface area (Å²) in [7, 11) is -4.15. The first-order chi connectivity index (χ1) is 13.6. The van der Waals surface area contributed by atoms with Gasteiger partial charge in [-0.05, 0) is 44.5 Å². The van der Waals surface area contributed by atoms with Crippen LogP contribution < -0.4 is 14.8 Å². The number of furan rings is 1. The first-order valence-electron chi connectivity index (χ1n) is 9.03. The highest BCUT2D eigenvalue weighted by atomic mass is 32.2. The first kappa shape index (κ1) is 18.4. The minimum atomic E-state index is -4.15. The monoisotopic (exact) mass is 421 g/mol. The third-order valence-corrected chi connectivity index (χ3v) is 7.04. The summed E-state index contributed by atoms with van der Waals surface area (Å²) >= 11 is 0. The van der Waals surface area contributed by atoms with Crippen molar-refractivity contribution in [2.75, 3.05) is 6.54 Å². The summed E-state index contributed by atoms with van der Waals surface area (Å²) in [6.45, 7) is 4.78. The van der Waals surface area contributed by atoms with Gasteiger partial charge < -0.3 is 19.2 Å². The lowest BCUT2D eigenvalue weighted by atomic mass is 9.91. The Kier molecular flexibility index (Phi) is 3.61. The molecule has 1 aromatic heterocycles. The van der Waals surface area contributed by atoms with E-state index in [2.05, 4.69) is 14.8 Å². The number of alkyl halides is 2. The number of para-hydroxylation sites is 1. The largest absolute Gasteiger partial charge is 0.586 e. The number of nitrogens with one attached hydrogen (secondary N) is 1. The van der Waals surface area contributed by atoms with Gasteiger partial charge in [0.2, 0.25) is 9.84 Å². The van der Waals surface area contributed by atoms with E-state index in [0.717, 1.165) is 29.7 Å². The molecule has 0 fully saturated rings. The number of benzene rings is 2. The molecule has 5 rings (SSSR count). The number of fused-ring (bicyclic) bond motifs is 4. The predicted octanol–water partition coefficient (Wildman–Crippen LogP) is 3.97. The Hall–Kier alpha value is -2.65. The molecule has 6 nitrogen and oxygen atoms in total. The van der Waals surface area contributed by atoms with Gasteiger partial charge in [0, 0.05) is 23.6 Å². The summed E-state index contributed by atoms with van der Waals surface area (Å²) in [5.41, 5.74) is 1.11. The SMILES string of the molecule is CC1(C)NCCc2c1oc1cc(S(=O)(=O)c3cccc4c3OC(F)(F)O4)ccc21. The molecule has 3 aromatic rings. The van der Waals surface area contributed by atoms with Crippen molar-refractivity contribution in [1.82, 2.24) is 5.32 Å². The summed E-state index contributed by atoms with van der Waals surface area (Å²) in [4.78, 5) is -0.459. The highest BCUT2D eigenvalue weighted by Gasteiger charge is 2.46. The average Bonchev–Trinajstić information content (AvgIpc) is 3.17. The van der Waals surface area contributed by atoms with Crippen molar-refractivity contribution < 1.29 is 31.1 Å². The number of sulfone groups is 1. The van der Waals surface area contributed by atoms with Gasteiger partial charge in [0.05, 0.1) is 10.4 Å². The normalized spacial score (nSPS) is 19.3. The number of ether oxygens (including phenoxy) is 2. The number of rotatable bonds is 2. The molecule has 2 aliphatic rings. The van der Waals surface area contributed by atoms with Crippen LogP contribution in [0, 0.1) is 0 Å². The zero-order valence-electron chi connectivity index (χ0n) is 15.6. The average molecular weight is 421 g/mol. The van der Waals surface area contributed by atoms with Crippen molar-refractivity contribution in [3.05, 3.63) is 47.7 Å². The maximum Gasteiger partial charge on any atom is 0.586 e. The molecule has 9 heteroatoms. The van der Waals surface area contributed by atoms with E-state index in [1.807, 2.05) is 13.8 Å². The van der Waals surface area contributed by atoms with Crippen molar-refractivity contribution in [2.24, 2.45) is 0 Å². The molecule has 0 bridgehead atoms. The quantitative estimate of drug-likeness (QED) is 0.675. The molecular weight excluding hydrogens is 404 g/mol. The molecule has 2 aliphatic heterocycles. The number of hydrogen-bond acceptors (Lipinski definition) is 6. The second kappa shape index (κ2) is 5.70. The summed E-state index contributed by atoms with van der Waals surface area (Å²) in [6, 6.07) is 8.34. The van der Waals surface area contributed by atoms with E-state index in [9.17, 15) is 17.2 Å². The standard InChI is InChI=1S/C20H17F2NO5S/c1-19(2)18-13(8-9-23-19)12-7-6-11(10-15(12)26-18)29(24,25)16-5-3-4-14-17(16)28-20(21,22)27-14/h3-7,10,23H,8-9H2,1-2H3. The van der Waals surface area contributed by atoms with Gasteiger partial charge in [-0.2, -0.15) is 0 Å². The van der Waals surface area contributed by atoms with E-state index in [0.29, 0.717) is 5.58 Å². The van der Waals surface area contributed by atoms with Crippen LogP contribution >= 0.6 is 0 Å². The van der Waals surface area contributed by atoms with Crippen molar-refractivity contribution in [1.29, 1.82) is 0 Å². The smallest absolute Gasteiger partial charge is 0.459 e. The third-order valence-electron chi connectivity index (χ3n) is 5.27. The molecule has 152 valence electrons. The zero-order chi connectivity index (χ0) is 20.6. The second-order valence-electron chi connectivity index (χ2n) is 7.62. The molecule has 0 amide bonds. The van der Waals surface area contributed by atoms with Gasteiger partial charge >= 0.3 is 6.29 Å². The third kappa shape index (κ3) is 2.71. The fourth-order valence-electron chi connectivity index (χ4n) is 3.91. The maximum absolute atomic E-state index is 13.5. The number of halogens is 2. The van der Waals surface area contributed by atoms with Gasteiger partial charge in [0.1, 0.15) is 16.2 Å². The van der Waals surface area contributed by atoms with Crippen LogP contribution in [0.1, 0.15) is 25.2 Å². The minimum absolute atomic E-state index is 0.0749. The van der Waals surface area contributed by atoms with Crippen LogP contribution in [0.2, 0.25) is 0 Å². The summed E-state index contributed by atoms with van der Waals surface area (Å²) in [5, 5.41) is 4.21. The molecule has 3 heterocycles. The van der Waals surface area contributed by atoms with Crippen molar-refractivity contribution in [2.45, 2.75) is 41.9 Å².